The molecule has 72 valence electrons. The zero-order chi connectivity index (χ0) is 10.1. The number of thioether (sulfide) groups is 1. The third-order valence-corrected chi connectivity index (χ3v) is 2.74. The Hall–Kier alpha value is -0.700. The first-order chi connectivity index (χ1) is 5.88. The highest BCUT2D eigenvalue weighted by Crippen LogP contribution is 2.33. The zero-order valence-corrected chi connectivity index (χ0v) is 9.40. The maximum Gasteiger partial charge on any atom is 0.123 e. The Balaban J connectivity index is 2.90. The summed E-state index contributed by atoms with van der Waals surface area (Å²) in [5.74, 6) is 0.593. The van der Waals surface area contributed by atoms with Crippen LogP contribution in [0, 0.1) is 6.92 Å². The summed E-state index contributed by atoms with van der Waals surface area (Å²) in [6, 6.07) is 3.88. The van der Waals surface area contributed by atoms with Gasteiger partial charge in [0.1, 0.15) is 5.82 Å². The lowest BCUT2D eigenvalue weighted by atomic mass is 10.3. The van der Waals surface area contributed by atoms with E-state index in [1.165, 1.54) is 4.90 Å². The van der Waals surface area contributed by atoms with Crippen molar-refractivity contribution in [3.8, 4) is 0 Å². The van der Waals surface area contributed by atoms with Crippen molar-refractivity contribution >= 4 is 17.6 Å². The number of hydrogen-bond donors (Lipinski definition) is 1. The van der Waals surface area contributed by atoms with E-state index in [-0.39, 0.29) is 4.75 Å². The third kappa shape index (κ3) is 3.27. The van der Waals surface area contributed by atoms with Crippen molar-refractivity contribution in [2.24, 2.45) is 0 Å². The van der Waals surface area contributed by atoms with Gasteiger partial charge in [0.15, 0.2) is 0 Å². The van der Waals surface area contributed by atoms with Crippen molar-refractivity contribution in [3.05, 3.63) is 17.8 Å². The number of nitrogen functional groups attached to an aromatic ring is 1. The van der Waals surface area contributed by atoms with Crippen LogP contribution in [0.1, 0.15) is 26.5 Å². The number of nitrogens with zero attached hydrogens (tertiary/aromatic N) is 1. The number of pyridine rings is 1. The van der Waals surface area contributed by atoms with Gasteiger partial charge in [0.2, 0.25) is 0 Å². The molecule has 0 unspecified atom stereocenters. The lowest BCUT2D eigenvalue weighted by Gasteiger charge is -2.18. The van der Waals surface area contributed by atoms with E-state index in [2.05, 4.69) is 25.8 Å². The highest BCUT2D eigenvalue weighted by molar-refractivity contribution is 8.00. The van der Waals surface area contributed by atoms with Crippen LogP contribution < -0.4 is 5.73 Å². The molecule has 0 bridgehead atoms. The van der Waals surface area contributed by atoms with E-state index in [9.17, 15) is 0 Å². The van der Waals surface area contributed by atoms with Crippen LogP contribution in [0.2, 0.25) is 0 Å². The van der Waals surface area contributed by atoms with Gasteiger partial charge in [-0.2, -0.15) is 0 Å². The number of nitrogens with two attached hydrogens (primary N) is 1. The first kappa shape index (κ1) is 10.4. The largest absolute Gasteiger partial charge is 0.384 e. The van der Waals surface area contributed by atoms with E-state index in [4.69, 9.17) is 5.73 Å². The van der Waals surface area contributed by atoms with Crippen molar-refractivity contribution in [1.82, 2.24) is 4.98 Å². The Kier molecular flexibility index (Phi) is 2.86. The molecule has 0 saturated heterocycles. The average Bonchev–Trinajstić information content (AvgIpc) is 1.93. The van der Waals surface area contributed by atoms with E-state index in [0.717, 1.165) is 5.69 Å². The number of anilines is 1. The molecular weight excluding hydrogens is 180 g/mol. The SMILES string of the molecule is Cc1nc(N)ccc1SC(C)(C)C. The molecule has 0 spiro atoms. The summed E-state index contributed by atoms with van der Waals surface area (Å²) in [5.41, 5.74) is 6.58. The van der Waals surface area contributed by atoms with Gasteiger partial charge in [-0.05, 0) is 19.1 Å². The molecule has 2 nitrogen and oxygen atoms in total. The predicted octanol–water partition coefficient (Wildman–Crippen LogP) is 2.86. The first-order valence-electron chi connectivity index (χ1n) is 4.30. The standard InChI is InChI=1S/C10H16N2S/c1-7-8(13-10(2,3)4)5-6-9(11)12-7/h5-6H,1-4H3,(H2,11,12). The van der Waals surface area contributed by atoms with Crippen LogP contribution in [-0.4, -0.2) is 9.73 Å². The van der Waals surface area contributed by atoms with Gasteiger partial charge in [-0.1, -0.05) is 20.8 Å². The maximum atomic E-state index is 5.57. The third-order valence-electron chi connectivity index (χ3n) is 1.48. The summed E-state index contributed by atoms with van der Waals surface area (Å²) < 4.78 is 0.225. The first-order valence-corrected chi connectivity index (χ1v) is 5.12. The highest BCUT2D eigenvalue weighted by Gasteiger charge is 2.13. The van der Waals surface area contributed by atoms with Crippen LogP contribution in [0.15, 0.2) is 17.0 Å². The van der Waals surface area contributed by atoms with Crippen LogP contribution >= 0.6 is 11.8 Å². The molecule has 0 aliphatic rings. The van der Waals surface area contributed by atoms with Gasteiger partial charge in [-0.25, -0.2) is 4.98 Å². The molecule has 2 N–H and O–H groups in total. The molecule has 0 aliphatic carbocycles. The van der Waals surface area contributed by atoms with Crippen LogP contribution in [0.4, 0.5) is 5.82 Å². The molecular formula is C10H16N2S. The molecule has 1 aromatic heterocycles. The molecule has 0 fully saturated rings. The fourth-order valence-corrected chi connectivity index (χ4v) is 1.99. The fraction of sp³-hybridized carbons (Fsp3) is 0.500. The summed E-state index contributed by atoms with van der Waals surface area (Å²) in [6.07, 6.45) is 0. The zero-order valence-electron chi connectivity index (χ0n) is 8.59. The molecule has 0 aliphatic heterocycles. The summed E-state index contributed by atoms with van der Waals surface area (Å²) >= 11 is 1.82. The average molecular weight is 196 g/mol. The van der Waals surface area contributed by atoms with Crippen LogP contribution in [0.5, 0.6) is 0 Å². The Bertz CT molecular complexity index is 302. The predicted molar refractivity (Wildman–Crippen MR) is 59.0 cm³/mol. The van der Waals surface area contributed by atoms with E-state index in [1.54, 1.807) is 0 Å². The van der Waals surface area contributed by atoms with Crippen LogP contribution in [0.3, 0.4) is 0 Å². The maximum absolute atomic E-state index is 5.57. The summed E-state index contributed by atoms with van der Waals surface area (Å²) in [4.78, 5) is 5.42. The number of hydrogen-bond acceptors (Lipinski definition) is 3. The van der Waals surface area contributed by atoms with E-state index < -0.39 is 0 Å². The molecule has 0 amide bonds. The molecule has 13 heavy (non-hydrogen) atoms. The van der Waals surface area contributed by atoms with E-state index >= 15 is 0 Å². The lowest BCUT2D eigenvalue weighted by molar-refractivity contribution is 0.801. The Morgan fingerprint density at radius 3 is 2.38 bits per heavy atom. The van der Waals surface area contributed by atoms with Crippen LogP contribution in [-0.2, 0) is 0 Å². The highest BCUT2D eigenvalue weighted by atomic mass is 32.2. The van der Waals surface area contributed by atoms with E-state index in [1.807, 2.05) is 30.8 Å². The Labute approximate surface area is 83.9 Å². The van der Waals surface area contributed by atoms with Crippen molar-refractivity contribution in [1.29, 1.82) is 0 Å². The van der Waals surface area contributed by atoms with Gasteiger partial charge in [0.25, 0.3) is 0 Å². The smallest absolute Gasteiger partial charge is 0.123 e. The second kappa shape index (κ2) is 3.58. The van der Waals surface area contributed by atoms with Gasteiger partial charge in [0, 0.05) is 9.64 Å². The van der Waals surface area contributed by atoms with E-state index in [0.29, 0.717) is 5.82 Å². The topological polar surface area (TPSA) is 38.9 Å². The number of aryl methyl sites for hydroxylation is 1. The summed E-state index contributed by atoms with van der Waals surface area (Å²) in [7, 11) is 0. The molecule has 3 heteroatoms. The minimum absolute atomic E-state index is 0.225. The van der Waals surface area contributed by atoms with Crippen LogP contribution in [0.25, 0.3) is 0 Å². The van der Waals surface area contributed by atoms with Gasteiger partial charge in [-0.3, -0.25) is 0 Å². The second-order valence-corrected chi connectivity index (χ2v) is 5.90. The molecule has 0 atom stereocenters. The quantitative estimate of drug-likeness (QED) is 0.702. The van der Waals surface area contributed by atoms with Crippen molar-refractivity contribution in [2.75, 3.05) is 5.73 Å². The molecule has 1 aromatic rings. The molecule has 1 rings (SSSR count). The van der Waals surface area contributed by atoms with Crippen molar-refractivity contribution < 1.29 is 0 Å². The molecule has 0 saturated carbocycles. The van der Waals surface area contributed by atoms with Gasteiger partial charge < -0.3 is 5.73 Å². The van der Waals surface area contributed by atoms with Gasteiger partial charge in [0.05, 0.1) is 5.69 Å². The van der Waals surface area contributed by atoms with Gasteiger partial charge >= 0.3 is 0 Å². The van der Waals surface area contributed by atoms with Crippen molar-refractivity contribution in [2.45, 2.75) is 37.3 Å². The minimum Gasteiger partial charge on any atom is -0.384 e. The lowest BCUT2D eigenvalue weighted by Crippen LogP contribution is -2.07. The number of rotatable bonds is 1. The summed E-state index contributed by atoms with van der Waals surface area (Å²) in [6.45, 7) is 8.55. The summed E-state index contributed by atoms with van der Waals surface area (Å²) in [5, 5.41) is 0. The Morgan fingerprint density at radius 1 is 1.31 bits per heavy atom. The normalized spacial score (nSPS) is 11.7. The second-order valence-electron chi connectivity index (χ2n) is 4.03. The van der Waals surface area contributed by atoms with Crippen molar-refractivity contribution in [3.63, 3.8) is 0 Å². The molecule has 0 radical (unpaired) electrons. The monoisotopic (exact) mass is 196 g/mol. The molecule has 1 heterocycles. The molecule has 0 aromatic carbocycles. The number of aromatic nitrogens is 1. The van der Waals surface area contributed by atoms with Gasteiger partial charge in [-0.15, -0.1) is 11.8 Å². The Morgan fingerprint density at radius 2 is 1.92 bits per heavy atom. The fourth-order valence-electron chi connectivity index (χ4n) is 1.01. The minimum atomic E-state index is 0.225.